The molecule has 1 unspecified atom stereocenters. The highest BCUT2D eigenvalue weighted by Crippen LogP contribution is 2.26. The Kier molecular flexibility index (Phi) is 15.5. The van der Waals surface area contributed by atoms with Crippen LogP contribution in [0.25, 0.3) is 0 Å². The molecule has 0 radical (unpaired) electrons. The molecule has 1 aliphatic rings. The fourth-order valence-electron chi connectivity index (χ4n) is 4.37. The SMILES string of the molecule is CCCCCCCCCCCCCCCCCC(O)NC1(O)CCCCC1. The van der Waals surface area contributed by atoms with E-state index in [0.29, 0.717) is 0 Å². The lowest BCUT2D eigenvalue weighted by molar-refractivity contribution is -0.0724. The summed E-state index contributed by atoms with van der Waals surface area (Å²) >= 11 is 0. The summed E-state index contributed by atoms with van der Waals surface area (Å²) in [4.78, 5) is 0. The largest absolute Gasteiger partial charge is 0.379 e. The minimum Gasteiger partial charge on any atom is -0.379 e. The number of aliphatic hydroxyl groups is 2. The van der Waals surface area contributed by atoms with Gasteiger partial charge in [0.25, 0.3) is 0 Å². The standard InChI is InChI=1S/C24H49NO2/c1-2-3-4-5-6-7-8-9-10-11-12-13-14-15-17-20-23(26)25-24(27)21-18-16-19-22-24/h23,25-27H,2-22H2,1H3. The molecule has 1 atom stereocenters. The molecule has 0 saturated heterocycles. The lowest BCUT2D eigenvalue weighted by Gasteiger charge is -2.35. The van der Waals surface area contributed by atoms with Gasteiger partial charge in [0.05, 0.1) is 0 Å². The summed E-state index contributed by atoms with van der Waals surface area (Å²) in [6, 6.07) is 0. The van der Waals surface area contributed by atoms with E-state index in [9.17, 15) is 10.2 Å². The van der Waals surface area contributed by atoms with Gasteiger partial charge >= 0.3 is 0 Å². The maximum Gasteiger partial charge on any atom is 0.117 e. The smallest absolute Gasteiger partial charge is 0.117 e. The second-order valence-corrected chi connectivity index (χ2v) is 8.99. The Morgan fingerprint density at radius 1 is 0.667 bits per heavy atom. The van der Waals surface area contributed by atoms with Gasteiger partial charge in [0.1, 0.15) is 12.0 Å². The first-order chi connectivity index (χ1) is 13.2. The van der Waals surface area contributed by atoms with E-state index < -0.39 is 12.0 Å². The van der Waals surface area contributed by atoms with Crippen LogP contribution < -0.4 is 5.32 Å². The van der Waals surface area contributed by atoms with Crippen LogP contribution in [0.15, 0.2) is 0 Å². The van der Waals surface area contributed by atoms with Gasteiger partial charge in [-0.05, 0) is 38.5 Å². The van der Waals surface area contributed by atoms with Crippen LogP contribution in [0.5, 0.6) is 0 Å². The summed E-state index contributed by atoms with van der Waals surface area (Å²) in [6.07, 6.45) is 25.6. The molecule has 162 valence electrons. The molecular formula is C24H49NO2. The maximum absolute atomic E-state index is 10.4. The average molecular weight is 384 g/mol. The van der Waals surface area contributed by atoms with Crippen LogP contribution >= 0.6 is 0 Å². The van der Waals surface area contributed by atoms with Gasteiger partial charge in [0.2, 0.25) is 0 Å². The first-order valence-electron chi connectivity index (χ1n) is 12.3. The lowest BCUT2D eigenvalue weighted by Crippen LogP contribution is -2.51. The second-order valence-electron chi connectivity index (χ2n) is 8.99. The topological polar surface area (TPSA) is 52.5 Å². The normalized spacial score (nSPS) is 17.9. The summed E-state index contributed by atoms with van der Waals surface area (Å²) in [5, 5.41) is 23.6. The summed E-state index contributed by atoms with van der Waals surface area (Å²) in [5.41, 5.74) is -0.812. The van der Waals surface area contributed by atoms with Gasteiger partial charge in [-0.25, -0.2) is 0 Å². The number of aliphatic hydroxyl groups excluding tert-OH is 1. The van der Waals surface area contributed by atoms with Gasteiger partial charge in [-0.2, -0.15) is 0 Å². The van der Waals surface area contributed by atoms with E-state index in [1.54, 1.807) is 0 Å². The molecule has 1 rings (SSSR count). The van der Waals surface area contributed by atoms with E-state index in [0.717, 1.165) is 38.5 Å². The molecule has 0 spiro atoms. The van der Waals surface area contributed by atoms with Crippen LogP contribution in [-0.4, -0.2) is 22.2 Å². The van der Waals surface area contributed by atoms with Crippen LogP contribution in [0.1, 0.15) is 142 Å². The van der Waals surface area contributed by atoms with E-state index >= 15 is 0 Å². The Labute approximate surface area is 169 Å². The van der Waals surface area contributed by atoms with Crippen molar-refractivity contribution in [1.82, 2.24) is 5.32 Å². The molecule has 0 bridgehead atoms. The molecule has 1 aliphatic carbocycles. The van der Waals surface area contributed by atoms with Crippen LogP contribution in [0.2, 0.25) is 0 Å². The van der Waals surface area contributed by atoms with Gasteiger partial charge in [-0.1, -0.05) is 103 Å². The zero-order valence-corrected chi connectivity index (χ0v) is 18.3. The maximum atomic E-state index is 10.4. The molecule has 3 N–H and O–H groups in total. The van der Waals surface area contributed by atoms with Crippen molar-refractivity contribution < 1.29 is 10.2 Å². The van der Waals surface area contributed by atoms with Crippen LogP contribution in [0, 0.1) is 0 Å². The highest BCUT2D eigenvalue weighted by Gasteiger charge is 2.30. The molecule has 1 saturated carbocycles. The minimum absolute atomic E-state index is 0.546. The predicted molar refractivity (Wildman–Crippen MR) is 117 cm³/mol. The van der Waals surface area contributed by atoms with E-state index in [2.05, 4.69) is 12.2 Å². The number of unbranched alkanes of at least 4 members (excludes halogenated alkanes) is 14. The van der Waals surface area contributed by atoms with Gasteiger partial charge in [0, 0.05) is 0 Å². The molecule has 27 heavy (non-hydrogen) atoms. The molecular weight excluding hydrogens is 334 g/mol. The summed E-state index contributed by atoms with van der Waals surface area (Å²) in [6.45, 7) is 2.28. The Morgan fingerprint density at radius 2 is 1.07 bits per heavy atom. The monoisotopic (exact) mass is 383 g/mol. The average Bonchev–Trinajstić information content (AvgIpc) is 2.65. The number of hydrogen-bond donors (Lipinski definition) is 3. The van der Waals surface area contributed by atoms with Crippen LogP contribution in [-0.2, 0) is 0 Å². The highest BCUT2D eigenvalue weighted by atomic mass is 16.3. The number of hydrogen-bond acceptors (Lipinski definition) is 3. The number of rotatable bonds is 18. The van der Waals surface area contributed by atoms with Crippen molar-refractivity contribution in [2.75, 3.05) is 0 Å². The Morgan fingerprint density at radius 3 is 1.52 bits per heavy atom. The van der Waals surface area contributed by atoms with E-state index in [1.807, 2.05) is 0 Å². The lowest BCUT2D eigenvalue weighted by atomic mass is 9.91. The molecule has 0 aromatic rings. The second kappa shape index (κ2) is 16.8. The van der Waals surface area contributed by atoms with Crippen LogP contribution in [0.4, 0.5) is 0 Å². The predicted octanol–water partition coefficient (Wildman–Crippen LogP) is 6.81. The van der Waals surface area contributed by atoms with E-state index in [1.165, 1.54) is 96.3 Å². The molecule has 0 amide bonds. The molecule has 0 aromatic heterocycles. The minimum atomic E-state index is -0.812. The quantitative estimate of drug-likeness (QED) is 0.180. The Hall–Kier alpha value is -0.120. The fraction of sp³-hybridized carbons (Fsp3) is 1.00. The van der Waals surface area contributed by atoms with Gasteiger partial charge < -0.3 is 10.2 Å². The molecule has 0 heterocycles. The summed E-state index contributed by atoms with van der Waals surface area (Å²) in [5.74, 6) is 0. The highest BCUT2D eigenvalue weighted by molar-refractivity contribution is 4.80. The molecule has 0 aromatic carbocycles. The third-order valence-electron chi connectivity index (χ3n) is 6.20. The third kappa shape index (κ3) is 14.5. The van der Waals surface area contributed by atoms with Crippen molar-refractivity contribution in [2.24, 2.45) is 0 Å². The van der Waals surface area contributed by atoms with Crippen molar-refractivity contribution >= 4 is 0 Å². The van der Waals surface area contributed by atoms with Gasteiger partial charge in [-0.15, -0.1) is 0 Å². The fourth-order valence-corrected chi connectivity index (χ4v) is 4.37. The third-order valence-corrected chi connectivity index (χ3v) is 6.20. The van der Waals surface area contributed by atoms with Crippen molar-refractivity contribution in [2.45, 2.75) is 154 Å². The molecule has 3 heteroatoms. The van der Waals surface area contributed by atoms with Crippen molar-refractivity contribution in [3.8, 4) is 0 Å². The van der Waals surface area contributed by atoms with Crippen LogP contribution in [0.3, 0.4) is 0 Å². The molecule has 3 nitrogen and oxygen atoms in total. The first-order valence-corrected chi connectivity index (χ1v) is 12.3. The Balaban J connectivity index is 1.78. The van der Waals surface area contributed by atoms with E-state index in [4.69, 9.17) is 0 Å². The van der Waals surface area contributed by atoms with Gasteiger partial charge in [-0.3, -0.25) is 5.32 Å². The van der Waals surface area contributed by atoms with E-state index in [-0.39, 0.29) is 0 Å². The Bertz CT molecular complexity index is 316. The number of nitrogens with one attached hydrogen (secondary N) is 1. The molecule has 1 fully saturated rings. The zero-order valence-electron chi connectivity index (χ0n) is 18.3. The van der Waals surface area contributed by atoms with Crippen molar-refractivity contribution in [3.05, 3.63) is 0 Å². The van der Waals surface area contributed by atoms with Crippen molar-refractivity contribution in [1.29, 1.82) is 0 Å². The first kappa shape index (κ1) is 24.9. The molecule has 0 aliphatic heterocycles. The van der Waals surface area contributed by atoms with Gasteiger partial charge in [0.15, 0.2) is 0 Å². The van der Waals surface area contributed by atoms with Crippen molar-refractivity contribution in [3.63, 3.8) is 0 Å². The summed E-state index contributed by atoms with van der Waals surface area (Å²) < 4.78 is 0. The zero-order chi connectivity index (χ0) is 19.6. The summed E-state index contributed by atoms with van der Waals surface area (Å²) in [7, 11) is 0.